The van der Waals surface area contributed by atoms with Crippen LogP contribution in [0.25, 0.3) is 0 Å². The molecule has 0 aromatic carbocycles. The second-order valence-electron chi connectivity index (χ2n) is 2.69. The van der Waals surface area contributed by atoms with Crippen LogP contribution in [0.4, 0.5) is 0 Å². The van der Waals surface area contributed by atoms with E-state index < -0.39 is 5.97 Å². The number of carboxylic acid groups (broad SMARTS) is 1. The van der Waals surface area contributed by atoms with Crippen molar-refractivity contribution in [2.24, 2.45) is 4.99 Å². The summed E-state index contributed by atoms with van der Waals surface area (Å²) in [6.45, 7) is 5.25. The Morgan fingerprint density at radius 2 is 2.27 bits per heavy atom. The van der Waals surface area contributed by atoms with Crippen molar-refractivity contribution in [3.63, 3.8) is 0 Å². The highest BCUT2D eigenvalue weighted by Crippen LogP contribution is 2.10. The van der Waals surface area contributed by atoms with Gasteiger partial charge in [0.05, 0.1) is 18.9 Å². The Hall–Kier alpha value is -1.84. The molecule has 0 atom stereocenters. The van der Waals surface area contributed by atoms with Gasteiger partial charge in [0.15, 0.2) is 0 Å². The van der Waals surface area contributed by atoms with Crippen LogP contribution in [0.3, 0.4) is 0 Å². The van der Waals surface area contributed by atoms with Crippen molar-refractivity contribution >= 4 is 12.2 Å². The zero-order valence-corrected chi connectivity index (χ0v) is 8.93. The van der Waals surface area contributed by atoms with Crippen molar-refractivity contribution in [2.75, 3.05) is 7.11 Å². The maximum atomic E-state index is 10.8. The minimum absolute atomic E-state index is 0.182. The zero-order valence-electron chi connectivity index (χ0n) is 8.93. The molecule has 0 unspecified atom stereocenters. The fourth-order valence-electron chi connectivity index (χ4n) is 0.901. The second-order valence-corrected chi connectivity index (χ2v) is 2.69. The maximum absolute atomic E-state index is 10.8. The zero-order chi connectivity index (χ0) is 11.7. The second kappa shape index (κ2) is 7.55. The van der Waals surface area contributed by atoms with Crippen LogP contribution in [0.5, 0.6) is 0 Å². The van der Waals surface area contributed by atoms with Gasteiger partial charge in [0, 0.05) is 18.8 Å². The Bertz CT molecular complexity index is 314. The van der Waals surface area contributed by atoms with Gasteiger partial charge in [0.1, 0.15) is 0 Å². The smallest absolute Gasteiger partial charge is 0.335 e. The van der Waals surface area contributed by atoms with Crippen molar-refractivity contribution in [1.29, 1.82) is 0 Å². The van der Waals surface area contributed by atoms with Crippen LogP contribution in [-0.4, -0.2) is 24.4 Å². The summed E-state index contributed by atoms with van der Waals surface area (Å²) in [5.74, 6) is -0.997. The molecule has 0 saturated carbocycles. The molecule has 0 fully saturated rings. The average Bonchev–Trinajstić information content (AvgIpc) is 2.22. The van der Waals surface area contributed by atoms with E-state index in [4.69, 9.17) is 5.11 Å². The van der Waals surface area contributed by atoms with Crippen LogP contribution in [-0.2, 0) is 9.53 Å². The highest BCUT2D eigenvalue weighted by molar-refractivity contribution is 5.90. The van der Waals surface area contributed by atoms with E-state index in [-0.39, 0.29) is 12.0 Å². The Morgan fingerprint density at radius 3 is 2.67 bits per heavy atom. The van der Waals surface area contributed by atoms with E-state index in [2.05, 4.69) is 16.3 Å². The number of hydrogen-bond donors (Lipinski definition) is 1. The van der Waals surface area contributed by atoms with Gasteiger partial charge < -0.3 is 9.84 Å². The van der Waals surface area contributed by atoms with E-state index in [0.717, 1.165) is 5.57 Å². The van der Waals surface area contributed by atoms with Crippen LogP contribution in [0.1, 0.15) is 13.3 Å². The number of ether oxygens (including phenoxy) is 1. The third kappa shape index (κ3) is 5.46. The highest BCUT2D eigenvalue weighted by Gasteiger charge is 2.08. The van der Waals surface area contributed by atoms with E-state index in [0.29, 0.717) is 0 Å². The van der Waals surface area contributed by atoms with Gasteiger partial charge in [-0.15, -0.1) is 0 Å². The van der Waals surface area contributed by atoms with Crippen molar-refractivity contribution in [3.8, 4) is 0 Å². The Morgan fingerprint density at radius 1 is 1.60 bits per heavy atom. The van der Waals surface area contributed by atoms with E-state index in [9.17, 15) is 4.79 Å². The van der Waals surface area contributed by atoms with Gasteiger partial charge in [-0.25, -0.2) is 4.79 Å². The van der Waals surface area contributed by atoms with Crippen molar-refractivity contribution < 1.29 is 14.6 Å². The number of allylic oxidation sites excluding steroid dienone is 2. The minimum atomic E-state index is -0.997. The predicted molar refractivity (Wildman–Crippen MR) is 59.8 cm³/mol. The monoisotopic (exact) mass is 209 g/mol. The molecule has 4 heteroatoms. The fourth-order valence-corrected chi connectivity index (χ4v) is 0.901. The third-order valence-corrected chi connectivity index (χ3v) is 1.65. The molecule has 0 heterocycles. The number of methoxy groups -OCH3 is 1. The summed E-state index contributed by atoms with van der Waals surface area (Å²) in [4.78, 5) is 14.6. The summed E-state index contributed by atoms with van der Waals surface area (Å²) < 4.78 is 4.68. The first kappa shape index (κ1) is 13.2. The molecule has 0 spiro atoms. The molecule has 0 bridgehead atoms. The summed E-state index contributed by atoms with van der Waals surface area (Å²) in [5, 5.41) is 8.83. The third-order valence-electron chi connectivity index (χ3n) is 1.65. The van der Waals surface area contributed by atoms with Crippen molar-refractivity contribution in [1.82, 2.24) is 0 Å². The summed E-state index contributed by atoms with van der Waals surface area (Å²) in [6, 6.07) is 0. The van der Waals surface area contributed by atoms with Gasteiger partial charge in [-0.1, -0.05) is 12.7 Å². The lowest BCUT2D eigenvalue weighted by molar-refractivity contribution is -0.132. The molecule has 4 nitrogen and oxygen atoms in total. The van der Waals surface area contributed by atoms with Gasteiger partial charge in [-0.05, 0) is 12.5 Å². The lowest BCUT2D eigenvalue weighted by Gasteiger charge is -2.02. The average molecular weight is 209 g/mol. The van der Waals surface area contributed by atoms with Crippen LogP contribution < -0.4 is 0 Å². The first-order valence-corrected chi connectivity index (χ1v) is 4.40. The fraction of sp³-hybridized carbons (Fsp3) is 0.273. The molecule has 0 aliphatic rings. The van der Waals surface area contributed by atoms with Crippen LogP contribution >= 0.6 is 0 Å². The van der Waals surface area contributed by atoms with Crippen LogP contribution in [0, 0.1) is 0 Å². The molecule has 0 aromatic heterocycles. The number of hydrogen-bond acceptors (Lipinski definition) is 3. The molecular formula is C11H15NO3. The Labute approximate surface area is 89.3 Å². The summed E-state index contributed by atoms with van der Waals surface area (Å²) in [6.07, 6.45) is 6.24. The Balaban J connectivity index is 4.65. The molecule has 0 amide bonds. The molecule has 1 N–H and O–H groups in total. The summed E-state index contributed by atoms with van der Waals surface area (Å²) in [7, 11) is 1.41. The number of rotatable bonds is 6. The molecule has 15 heavy (non-hydrogen) atoms. The SMILES string of the molecule is C=CN=C/C(=C\C)C/C(=C/OC)C(=O)O. The molecule has 0 aromatic rings. The number of carboxylic acids is 1. The summed E-state index contributed by atoms with van der Waals surface area (Å²) >= 11 is 0. The standard InChI is InChI=1S/C11H15NO3/c1-4-9(7-12-5-2)6-10(8-15-3)11(13)14/h4-5,7-8H,2,6H2,1,3H3,(H,13,14)/b9-4-,10-8-,12-7?. The largest absolute Gasteiger partial charge is 0.504 e. The van der Waals surface area contributed by atoms with Gasteiger partial charge in [0.2, 0.25) is 0 Å². The van der Waals surface area contributed by atoms with Crippen LogP contribution in [0.15, 0.2) is 41.3 Å². The van der Waals surface area contributed by atoms with Crippen molar-refractivity contribution in [2.45, 2.75) is 13.3 Å². The van der Waals surface area contributed by atoms with E-state index in [1.54, 1.807) is 12.3 Å². The van der Waals surface area contributed by atoms with Gasteiger partial charge in [-0.3, -0.25) is 4.99 Å². The first-order chi connectivity index (χ1) is 7.15. The predicted octanol–water partition coefficient (Wildman–Crippen LogP) is 2.15. The number of aliphatic carboxylic acids is 1. The quantitative estimate of drug-likeness (QED) is 0.414. The van der Waals surface area contributed by atoms with Crippen molar-refractivity contribution in [3.05, 3.63) is 36.3 Å². The normalized spacial score (nSPS) is 12.9. The van der Waals surface area contributed by atoms with E-state index in [1.807, 2.05) is 6.92 Å². The molecular weight excluding hydrogens is 194 g/mol. The number of aliphatic imine (C=N–C) groups is 1. The highest BCUT2D eigenvalue weighted by atomic mass is 16.5. The molecule has 0 aliphatic carbocycles. The van der Waals surface area contributed by atoms with Gasteiger partial charge in [-0.2, -0.15) is 0 Å². The lowest BCUT2D eigenvalue weighted by atomic mass is 10.1. The molecule has 82 valence electrons. The minimum Gasteiger partial charge on any atom is -0.504 e. The van der Waals surface area contributed by atoms with E-state index >= 15 is 0 Å². The number of carbonyl (C=O) groups is 1. The van der Waals surface area contributed by atoms with E-state index in [1.165, 1.54) is 19.6 Å². The molecule has 0 rings (SSSR count). The topological polar surface area (TPSA) is 58.9 Å². The molecule has 0 radical (unpaired) electrons. The summed E-state index contributed by atoms with van der Waals surface area (Å²) in [5.41, 5.74) is 0.974. The molecule has 0 aliphatic heterocycles. The molecule has 0 saturated heterocycles. The maximum Gasteiger partial charge on any atom is 0.335 e. The Kier molecular flexibility index (Phi) is 6.63. The van der Waals surface area contributed by atoms with Gasteiger partial charge >= 0.3 is 5.97 Å². The van der Waals surface area contributed by atoms with Gasteiger partial charge in [0.25, 0.3) is 0 Å². The number of nitrogens with zero attached hydrogens (tertiary/aromatic N) is 1. The van der Waals surface area contributed by atoms with Crippen LogP contribution in [0.2, 0.25) is 0 Å². The lowest BCUT2D eigenvalue weighted by Crippen LogP contribution is -2.03. The first-order valence-electron chi connectivity index (χ1n) is 4.40.